The van der Waals surface area contributed by atoms with Crippen LogP contribution in [0.2, 0.25) is 0 Å². The lowest BCUT2D eigenvalue weighted by atomic mass is 10.1. The first-order valence-electron chi connectivity index (χ1n) is 5.64. The summed E-state index contributed by atoms with van der Waals surface area (Å²) in [4.78, 5) is 11.4. The number of benzene rings is 1. The van der Waals surface area contributed by atoms with Crippen LogP contribution in [-0.4, -0.2) is 24.8 Å². The second-order valence-electron chi connectivity index (χ2n) is 3.98. The van der Waals surface area contributed by atoms with E-state index in [1.54, 1.807) is 38.1 Å². The van der Waals surface area contributed by atoms with Crippen LogP contribution in [0.4, 0.5) is 5.69 Å². The second kappa shape index (κ2) is 6.33. The molecule has 0 radical (unpaired) electrons. The van der Waals surface area contributed by atoms with Crippen LogP contribution in [0, 0.1) is 0 Å². The fourth-order valence-electron chi connectivity index (χ4n) is 1.43. The van der Waals surface area contributed by atoms with Crippen molar-refractivity contribution in [2.75, 3.05) is 10.5 Å². The maximum Gasteiger partial charge on any atom is 0.232 e. The van der Waals surface area contributed by atoms with Crippen molar-refractivity contribution in [1.82, 2.24) is 0 Å². The zero-order chi connectivity index (χ0) is 13.8. The molecule has 1 N–H and O–H groups in total. The Bertz CT molecular complexity index is 509. The third kappa shape index (κ3) is 4.42. The van der Waals surface area contributed by atoms with Gasteiger partial charge in [-0.1, -0.05) is 22.9 Å². The van der Waals surface area contributed by atoms with Gasteiger partial charge in [0, 0.05) is 11.3 Å². The third-order valence-corrected chi connectivity index (χ3v) is 4.19. The van der Waals surface area contributed by atoms with E-state index in [9.17, 15) is 13.2 Å². The molecule has 0 aliphatic carbocycles. The summed E-state index contributed by atoms with van der Waals surface area (Å²) in [7, 11) is -3.28. The van der Waals surface area contributed by atoms with Gasteiger partial charge in [0.1, 0.15) is 0 Å². The fraction of sp³-hybridized carbons (Fsp3) is 0.417. The summed E-state index contributed by atoms with van der Waals surface area (Å²) in [6.07, 6.45) is 0.563. The van der Waals surface area contributed by atoms with Crippen LogP contribution < -0.4 is 4.72 Å². The number of carbonyl (C=O) groups is 1. The highest BCUT2D eigenvalue weighted by atomic mass is 79.9. The van der Waals surface area contributed by atoms with Gasteiger partial charge in [-0.05, 0) is 37.6 Å². The van der Waals surface area contributed by atoms with E-state index in [-0.39, 0.29) is 16.4 Å². The van der Waals surface area contributed by atoms with Crippen LogP contribution in [0.15, 0.2) is 24.3 Å². The van der Waals surface area contributed by atoms with Crippen LogP contribution >= 0.6 is 15.9 Å². The van der Waals surface area contributed by atoms with Crippen LogP contribution in [0.25, 0.3) is 0 Å². The van der Waals surface area contributed by atoms with Crippen LogP contribution in [-0.2, 0) is 10.0 Å². The minimum atomic E-state index is -3.28. The number of ketones is 1. The topological polar surface area (TPSA) is 63.2 Å². The molecule has 0 fully saturated rings. The van der Waals surface area contributed by atoms with Crippen molar-refractivity contribution in [3.63, 3.8) is 0 Å². The first-order chi connectivity index (χ1) is 8.35. The lowest BCUT2D eigenvalue weighted by Gasteiger charge is -2.08. The molecule has 1 aromatic rings. The number of sulfonamides is 1. The fourth-order valence-corrected chi connectivity index (χ4v) is 2.83. The standard InChI is InChI=1S/C12H16BrNO3S/c1-3-8-18(16,17)14-11-6-4-10(5-7-11)12(15)9(2)13/h4-7,9,14H,3,8H2,1-2H3. The van der Waals surface area contributed by atoms with Gasteiger partial charge in [-0.2, -0.15) is 0 Å². The quantitative estimate of drug-likeness (QED) is 0.643. The lowest BCUT2D eigenvalue weighted by molar-refractivity contribution is 0.0996. The highest BCUT2D eigenvalue weighted by molar-refractivity contribution is 9.10. The van der Waals surface area contributed by atoms with Crippen molar-refractivity contribution in [3.05, 3.63) is 29.8 Å². The maximum atomic E-state index is 11.7. The number of halogens is 1. The molecule has 6 heteroatoms. The molecule has 1 unspecified atom stereocenters. The van der Waals surface area contributed by atoms with E-state index >= 15 is 0 Å². The van der Waals surface area contributed by atoms with Crippen molar-refractivity contribution in [2.45, 2.75) is 25.1 Å². The molecule has 1 rings (SSSR count). The number of hydrogen-bond acceptors (Lipinski definition) is 3. The molecule has 0 heterocycles. The minimum absolute atomic E-state index is 0.0297. The van der Waals surface area contributed by atoms with Crippen molar-refractivity contribution in [1.29, 1.82) is 0 Å². The molecule has 18 heavy (non-hydrogen) atoms. The number of hydrogen-bond donors (Lipinski definition) is 1. The average Bonchev–Trinajstić information content (AvgIpc) is 2.28. The zero-order valence-electron chi connectivity index (χ0n) is 10.3. The van der Waals surface area contributed by atoms with E-state index in [1.165, 1.54) is 0 Å². The first-order valence-corrected chi connectivity index (χ1v) is 8.21. The van der Waals surface area contributed by atoms with Gasteiger partial charge in [-0.3, -0.25) is 9.52 Å². The van der Waals surface area contributed by atoms with Crippen molar-refractivity contribution in [3.8, 4) is 0 Å². The van der Waals surface area contributed by atoms with E-state index in [2.05, 4.69) is 20.7 Å². The molecule has 0 saturated carbocycles. The number of rotatable bonds is 6. The molecule has 4 nitrogen and oxygen atoms in total. The smallest absolute Gasteiger partial charge is 0.232 e. The highest BCUT2D eigenvalue weighted by Gasteiger charge is 2.12. The van der Waals surface area contributed by atoms with Gasteiger partial charge in [-0.15, -0.1) is 0 Å². The Hall–Kier alpha value is -0.880. The molecular formula is C12H16BrNO3S. The van der Waals surface area contributed by atoms with E-state index in [1.807, 2.05) is 0 Å². The molecule has 0 aliphatic rings. The monoisotopic (exact) mass is 333 g/mol. The third-order valence-electron chi connectivity index (χ3n) is 2.28. The summed E-state index contributed by atoms with van der Waals surface area (Å²) < 4.78 is 25.5. The normalized spacial score (nSPS) is 13.1. The van der Waals surface area contributed by atoms with Gasteiger partial charge in [0.2, 0.25) is 10.0 Å². The van der Waals surface area contributed by atoms with Crippen molar-refractivity contribution >= 4 is 37.4 Å². The van der Waals surface area contributed by atoms with Gasteiger partial charge in [0.25, 0.3) is 0 Å². The number of Topliss-reactive ketones (excluding diaryl/α,β-unsaturated/α-hetero) is 1. The Morgan fingerprint density at radius 3 is 2.33 bits per heavy atom. The SMILES string of the molecule is CCCS(=O)(=O)Nc1ccc(C(=O)C(C)Br)cc1. The molecule has 0 spiro atoms. The molecule has 1 atom stereocenters. The Kier molecular flexibility index (Phi) is 5.34. The molecule has 0 aromatic heterocycles. The number of alkyl halides is 1. The summed E-state index contributed by atoms with van der Waals surface area (Å²) in [6, 6.07) is 6.42. The Morgan fingerprint density at radius 1 is 1.33 bits per heavy atom. The summed E-state index contributed by atoms with van der Waals surface area (Å²) in [6.45, 7) is 3.55. The van der Waals surface area contributed by atoms with Gasteiger partial charge < -0.3 is 0 Å². The molecule has 1 aromatic carbocycles. The summed E-state index contributed by atoms with van der Waals surface area (Å²) in [5, 5.41) is 0. The molecular weight excluding hydrogens is 318 g/mol. The summed E-state index contributed by atoms with van der Waals surface area (Å²) in [5.74, 6) is 0.0597. The Balaban J connectivity index is 2.81. The Labute approximate surface area is 116 Å². The first kappa shape index (κ1) is 15.2. The largest absolute Gasteiger partial charge is 0.293 e. The molecule has 0 saturated heterocycles. The zero-order valence-corrected chi connectivity index (χ0v) is 12.7. The van der Waals surface area contributed by atoms with Gasteiger partial charge in [-0.25, -0.2) is 8.42 Å². The predicted molar refractivity (Wildman–Crippen MR) is 76.9 cm³/mol. The number of anilines is 1. The lowest BCUT2D eigenvalue weighted by Crippen LogP contribution is -2.16. The molecule has 100 valence electrons. The number of nitrogens with one attached hydrogen (secondary N) is 1. The van der Waals surface area contributed by atoms with E-state index in [4.69, 9.17) is 0 Å². The predicted octanol–water partition coefficient (Wildman–Crippen LogP) is 2.80. The van der Waals surface area contributed by atoms with Crippen LogP contribution in [0.1, 0.15) is 30.6 Å². The Morgan fingerprint density at radius 2 is 1.89 bits per heavy atom. The van der Waals surface area contributed by atoms with Crippen LogP contribution in [0.3, 0.4) is 0 Å². The highest BCUT2D eigenvalue weighted by Crippen LogP contribution is 2.15. The van der Waals surface area contributed by atoms with Crippen molar-refractivity contribution < 1.29 is 13.2 Å². The minimum Gasteiger partial charge on any atom is -0.293 e. The van der Waals surface area contributed by atoms with Crippen LogP contribution in [0.5, 0.6) is 0 Å². The van der Waals surface area contributed by atoms with E-state index in [0.717, 1.165) is 0 Å². The molecule has 0 amide bonds. The average molecular weight is 334 g/mol. The summed E-state index contributed by atoms with van der Waals surface area (Å²) in [5.41, 5.74) is 1.03. The number of carbonyl (C=O) groups excluding carboxylic acids is 1. The molecule has 0 aliphatic heterocycles. The van der Waals surface area contributed by atoms with Gasteiger partial charge in [0.05, 0.1) is 10.6 Å². The second-order valence-corrected chi connectivity index (χ2v) is 7.19. The molecule has 0 bridgehead atoms. The maximum absolute atomic E-state index is 11.7. The summed E-state index contributed by atoms with van der Waals surface area (Å²) >= 11 is 3.20. The van der Waals surface area contributed by atoms with Gasteiger partial charge >= 0.3 is 0 Å². The van der Waals surface area contributed by atoms with E-state index in [0.29, 0.717) is 17.7 Å². The van der Waals surface area contributed by atoms with Crippen molar-refractivity contribution in [2.24, 2.45) is 0 Å². The van der Waals surface area contributed by atoms with E-state index < -0.39 is 10.0 Å². The van der Waals surface area contributed by atoms with Gasteiger partial charge in [0.15, 0.2) is 5.78 Å².